The van der Waals surface area contributed by atoms with E-state index >= 15 is 0 Å². The molecule has 0 aliphatic carbocycles. The standard InChI is InChI=1S/C19H18ClNO3/c1-12-3-6-17(24-12)13(2)21-19(22)8-4-14-9-15-10-16(20)5-7-18(15)23-11-14/h3-10,13H,11H2,1-2H3,(H,21,22)/b8-4+. The van der Waals surface area contributed by atoms with Gasteiger partial charge in [0.1, 0.15) is 23.9 Å². The number of amides is 1. The Bertz CT molecular complexity index is 820. The first-order chi connectivity index (χ1) is 11.5. The number of ether oxygens (including phenoxy) is 1. The van der Waals surface area contributed by atoms with Crippen molar-refractivity contribution in [2.24, 2.45) is 0 Å². The number of halogens is 1. The summed E-state index contributed by atoms with van der Waals surface area (Å²) in [6, 6.07) is 9.02. The molecule has 1 aliphatic heterocycles. The molecule has 2 heterocycles. The SMILES string of the molecule is Cc1ccc(C(C)NC(=O)/C=C/C2=Cc3cc(Cl)ccc3OC2)o1. The van der Waals surface area contributed by atoms with Crippen molar-refractivity contribution in [2.45, 2.75) is 19.9 Å². The smallest absolute Gasteiger partial charge is 0.244 e. The van der Waals surface area contributed by atoms with Crippen LogP contribution in [-0.4, -0.2) is 12.5 Å². The van der Waals surface area contributed by atoms with E-state index in [1.165, 1.54) is 6.08 Å². The Morgan fingerprint density at radius 1 is 1.33 bits per heavy atom. The molecule has 1 atom stereocenters. The third-order valence-electron chi connectivity index (χ3n) is 3.70. The van der Waals surface area contributed by atoms with E-state index in [4.69, 9.17) is 20.8 Å². The largest absolute Gasteiger partial charge is 0.488 e. The molecular formula is C19H18ClNO3. The van der Waals surface area contributed by atoms with Gasteiger partial charge in [-0.2, -0.15) is 0 Å². The highest BCUT2D eigenvalue weighted by molar-refractivity contribution is 6.30. The van der Waals surface area contributed by atoms with Crippen LogP contribution in [0.1, 0.15) is 30.0 Å². The zero-order valence-electron chi connectivity index (χ0n) is 13.5. The summed E-state index contributed by atoms with van der Waals surface area (Å²) in [5.74, 6) is 2.17. The van der Waals surface area contributed by atoms with E-state index in [9.17, 15) is 4.79 Å². The monoisotopic (exact) mass is 343 g/mol. The summed E-state index contributed by atoms with van der Waals surface area (Å²) in [7, 11) is 0. The topological polar surface area (TPSA) is 51.5 Å². The molecular weight excluding hydrogens is 326 g/mol. The van der Waals surface area contributed by atoms with Gasteiger partial charge in [0.25, 0.3) is 0 Å². The number of furan rings is 1. The van der Waals surface area contributed by atoms with Gasteiger partial charge in [0.2, 0.25) is 5.91 Å². The fourth-order valence-electron chi connectivity index (χ4n) is 2.46. The molecule has 0 radical (unpaired) electrons. The zero-order valence-corrected chi connectivity index (χ0v) is 14.3. The van der Waals surface area contributed by atoms with E-state index < -0.39 is 0 Å². The van der Waals surface area contributed by atoms with E-state index in [0.717, 1.165) is 28.4 Å². The summed E-state index contributed by atoms with van der Waals surface area (Å²) in [4.78, 5) is 12.0. The van der Waals surface area contributed by atoms with Gasteiger partial charge in [-0.05, 0) is 55.8 Å². The second-order valence-corrected chi connectivity index (χ2v) is 6.14. The van der Waals surface area contributed by atoms with E-state index in [2.05, 4.69) is 5.32 Å². The Morgan fingerprint density at radius 2 is 2.17 bits per heavy atom. The van der Waals surface area contributed by atoms with E-state index in [-0.39, 0.29) is 11.9 Å². The van der Waals surface area contributed by atoms with Crippen LogP contribution in [0.5, 0.6) is 5.75 Å². The van der Waals surface area contributed by atoms with Crippen molar-refractivity contribution in [2.75, 3.05) is 6.61 Å². The molecule has 0 saturated carbocycles. The van der Waals surface area contributed by atoms with Crippen molar-refractivity contribution < 1.29 is 13.9 Å². The lowest BCUT2D eigenvalue weighted by Gasteiger charge is -2.16. The maximum absolute atomic E-state index is 12.0. The number of hydrogen-bond donors (Lipinski definition) is 1. The van der Waals surface area contributed by atoms with Gasteiger partial charge in [0, 0.05) is 16.7 Å². The molecule has 0 saturated heterocycles. The number of fused-ring (bicyclic) bond motifs is 1. The Labute approximate surface area is 145 Å². The Hall–Kier alpha value is -2.46. The molecule has 1 aliphatic rings. The third-order valence-corrected chi connectivity index (χ3v) is 3.94. The molecule has 1 aromatic carbocycles. The lowest BCUT2D eigenvalue weighted by Crippen LogP contribution is -2.24. The van der Waals surface area contributed by atoms with Gasteiger partial charge in [-0.3, -0.25) is 4.79 Å². The molecule has 1 unspecified atom stereocenters. The van der Waals surface area contributed by atoms with Crippen LogP contribution >= 0.6 is 11.6 Å². The van der Waals surface area contributed by atoms with Gasteiger partial charge in [-0.15, -0.1) is 0 Å². The number of carbonyl (C=O) groups excluding carboxylic acids is 1. The van der Waals surface area contributed by atoms with Crippen LogP contribution < -0.4 is 10.1 Å². The highest BCUT2D eigenvalue weighted by Crippen LogP contribution is 2.29. The lowest BCUT2D eigenvalue weighted by atomic mass is 10.1. The fraction of sp³-hybridized carbons (Fsp3) is 0.211. The van der Waals surface area contributed by atoms with E-state index in [0.29, 0.717) is 11.6 Å². The third kappa shape index (κ3) is 3.89. The molecule has 5 heteroatoms. The number of carbonyl (C=O) groups is 1. The number of aryl methyl sites for hydroxylation is 1. The maximum Gasteiger partial charge on any atom is 0.244 e. The number of nitrogens with one attached hydrogen (secondary N) is 1. The molecule has 0 bridgehead atoms. The predicted molar refractivity (Wildman–Crippen MR) is 94.1 cm³/mol. The highest BCUT2D eigenvalue weighted by atomic mass is 35.5. The summed E-state index contributed by atoms with van der Waals surface area (Å²) < 4.78 is 11.2. The number of hydrogen-bond acceptors (Lipinski definition) is 3. The van der Waals surface area contributed by atoms with E-state index in [1.54, 1.807) is 12.1 Å². The molecule has 3 rings (SSSR count). The molecule has 1 N–H and O–H groups in total. The summed E-state index contributed by atoms with van der Waals surface area (Å²) >= 11 is 5.99. The molecule has 2 aromatic rings. The summed E-state index contributed by atoms with van der Waals surface area (Å²) in [6.07, 6.45) is 5.21. The first-order valence-corrected chi connectivity index (χ1v) is 8.07. The van der Waals surface area contributed by atoms with Crippen LogP contribution in [0.2, 0.25) is 5.02 Å². The van der Waals surface area contributed by atoms with Crippen LogP contribution in [0.25, 0.3) is 6.08 Å². The second kappa shape index (κ2) is 6.97. The minimum Gasteiger partial charge on any atom is -0.488 e. The van der Waals surface area contributed by atoms with Gasteiger partial charge >= 0.3 is 0 Å². The first kappa shape index (κ1) is 16.4. The molecule has 0 spiro atoms. The molecule has 1 amide bonds. The Morgan fingerprint density at radius 3 is 2.92 bits per heavy atom. The van der Waals surface area contributed by atoms with Gasteiger partial charge in [-0.1, -0.05) is 17.7 Å². The average Bonchev–Trinajstić information content (AvgIpc) is 2.99. The minimum atomic E-state index is -0.188. The lowest BCUT2D eigenvalue weighted by molar-refractivity contribution is -0.117. The number of benzene rings is 1. The molecule has 1 aromatic heterocycles. The minimum absolute atomic E-state index is 0.186. The zero-order chi connectivity index (χ0) is 17.1. The summed E-state index contributed by atoms with van der Waals surface area (Å²) in [6.45, 7) is 4.17. The molecule has 0 fully saturated rings. The fourth-order valence-corrected chi connectivity index (χ4v) is 2.64. The van der Waals surface area contributed by atoms with Crippen molar-refractivity contribution in [3.05, 3.63) is 70.2 Å². The van der Waals surface area contributed by atoms with Crippen LogP contribution in [0, 0.1) is 6.92 Å². The maximum atomic E-state index is 12.0. The molecule has 124 valence electrons. The van der Waals surface area contributed by atoms with Crippen LogP contribution in [0.15, 0.2) is 52.5 Å². The highest BCUT2D eigenvalue weighted by Gasteiger charge is 2.12. The quantitative estimate of drug-likeness (QED) is 0.834. The predicted octanol–water partition coefficient (Wildman–Crippen LogP) is 4.45. The van der Waals surface area contributed by atoms with Crippen molar-refractivity contribution in [3.63, 3.8) is 0 Å². The van der Waals surface area contributed by atoms with Gasteiger partial charge in [0.15, 0.2) is 0 Å². The van der Waals surface area contributed by atoms with Crippen LogP contribution in [0.4, 0.5) is 0 Å². The molecule has 4 nitrogen and oxygen atoms in total. The van der Waals surface area contributed by atoms with Crippen LogP contribution in [-0.2, 0) is 4.79 Å². The first-order valence-electron chi connectivity index (χ1n) is 7.69. The van der Waals surface area contributed by atoms with Crippen LogP contribution in [0.3, 0.4) is 0 Å². The van der Waals surface area contributed by atoms with Gasteiger partial charge < -0.3 is 14.5 Å². The van der Waals surface area contributed by atoms with Crippen molar-refractivity contribution in [1.29, 1.82) is 0 Å². The number of rotatable bonds is 4. The molecule has 24 heavy (non-hydrogen) atoms. The van der Waals surface area contributed by atoms with Crippen molar-refractivity contribution in [1.82, 2.24) is 5.32 Å². The second-order valence-electron chi connectivity index (χ2n) is 5.70. The normalized spacial score (nSPS) is 14.7. The summed E-state index contributed by atoms with van der Waals surface area (Å²) in [5, 5.41) is 3.52. The Kier molecular flexibility index (Phi) is 4.76. The Balaban J connectivity index is 1.64. The average molecular weight is 344 g/mol. The summed E-state index contributed by atoms with van der Waals surface area (Å²) in [5.41, 5.74) is 1.81. The van der Waals surface area contributed by atoms with Crippen molar-refractivity contribution in [3.8, 4) is 5.75 Å². The van der Waals surface area contributed by atoms with E-state index in [1.807, 2.05) is 44.2 Å². The van der Waals surface area contributed by atoms with Gasteiger partial charge in [0.05, 0.1) is 6.04 Å². The van der Waals surface area contributed by atoms with Crippen molar-refractivity contribution >= 4 is 23.6 Å². The van der Waals surface area contributed by atoms with Gasteiger partial charge in [-0.25, -0.2) is 0 Å².